The molecule has 108 valence electrons. The van der Waals surface area contributed by atoms with Crippen LogP contribution in [0.1, 0.15) is 13.3 Å². The standard InChI is InChI=1S/C16H20O3S/c1-12-8-9-13(16(18,10-12)15(17)19-2)11-20-14-6-4-3-5-7-14/h3-9,12-13,18H,10-11H2,1-2H3/t12-,13-,16+/m0/s1. The molecular weight excluding hydrogens is 272 g/mol. The highest BCUT2D eigenvalue weighted by Crippen LogP contribution is 2.36. The van der Waals surface area contributed by atoms with E-state index in [0.29, 0.717) is 12.2 Å². The van der Waals surface area contributed by atoms with Crippen LogP contribution in [0.4, 0.5) is 0 Å². The van der Waals surface area contributed by atoms with Crippen LogP contribution in [0.5, 0.6) is 0 Å². The van der Waals surface area contributed by atoms with Crippen molar-refractivity contribution >= 4 is 17.7 Å². The van der Waals surface area contributed by atoms with Crippen molar-refractivity contribution in [1.82, 2.24) is 0 Å². The molecule has 0 aliphatic heterocycles. The molecule has 0 saturated heterocycles. The Labute approximate surface area is 124 Å². The van der Waals surface area contributed by atoms with E-state index in [-0.39, 0.29) is 11.8 Å². The number of aliphatic hydroxyl groups is 1. The van der Waals surface area contributed by atoms with Crippen molar-refractivity contribution in [3.05, 3.63) is 42.5 Å². The minimum absolute atomic E-state index is 0.178. The Morgan fingerprint density at radius 3 is 2.75 bits per heavy atom. The van der Waals surface area contributed by atoms with E-state index in [9.17, 15) is 9.90 Å². The summed E-state index contributed by atoms with van der Waals surface area (Å²) in [6, 6.07) is 9.98. The second-order valence-corrected chi connectivity index (χ2v) is 6.31. The molecular formula is C16H20O3S. The first kappa shape index (κ1) is 15.1. The number of thioether (sulfide) groups is 1. The van der Waals surface area contributed by atoms with Crippen molar-refractivity contribution in [2.45, 2.75) is 23.8 Å². The van der Waals surface area contributed by atoms with Crippen LogP contribution in [0.15, 0.2) is 47.4 Å². The average Bonchev–Trinajstić information content (AvgIpc) is 2.46. The molecule has 0 aromatic heterocycles. The fraction of sp³-hybridized carbons (Fsp3) is 0.438. The van der Waals surface area contributed by atoms with E-state index in [2.05, 4.69) is 6.08 Å². The van der Waals surface area contributed by atoms with E-state index in [0.717, 1.165) is 4.90 Å². The number of carbonyl (C=O) groups is 1. The SMILES string of the molecule is COC(=O)[C@@]1(O)C[C@@H](C)C=C[C@H]1CSc1ccccc1. The molecule has 1 aromatic rings. The quantitative estimate of drug-likeness (QED) is 0.526. The molecule has 1 aliphatic carbocycles. The molecule has 0 spiro atoms. The van der Waals surface area contributed by atoms with Gasteiger partial charge in [0.2, 0.25) is 0 Å². The van der Waals surface area contributed by atoms with Crippen molar-refractivity contribution in [2.24, 2.45) is 11.8 Å². The molecule has 0 saturated carbocycles. The van der Waals surface area contributed by atoms with Gasteiger partial charge in [0.1, 0.15) is 0 Å². The Kier molecular flexibility index (Phi) is 4.89. The van der Waals surface area contributed by atoms with Crippen molar-refractivity contribution in [3.63, 3.8) is 0 Å². The monoisotopic (exact) mass is 292 g/mol. The van der Waals surface area contributed by atoms with Gasteiger partial charge in [-0.1, -0.05) is 37.3 Å². The fourth-order valence-electron chi connectivity index (χ4n) is 2.50. The smallest absolute Gasteiger partial charge is 0.338 e. The maximum Gasteiger partial charge on any atom is 0.338 e. The van der Waals surface area contributed by atoms with Crippen LogP contribution in [-0.2, 0) is 9.53 Å². The van der Waals surface area contributed by atoms with Gasteiger partial charge in [-0.05, 0) is 24.5 Å². The molecule has 0 fully saturated rings. The highest BCUT2D eigenvalue weighted by Gasteiger charge is 2.46. The zero-order valence-corrected chi connectivity index (χ0v) is 12.6. The van der Waals surface area contributed by atoms with E-state index < -0.39 is 11.6 Å². The Bertz CT molecular complexity index is 486. The second kappa shape index (κ2) is 6.46. The van der Waals surface area contributed by atoms with Crippen molar-refractivity contribution < 1.29 is 14.6 Å². The molecule has 1 N–H and O–H groups in total. The lowest BCUT2D eigenvalue weighted by Gasteiger charge is -2.36. The third-order valence-corrected chi connectivity index (χ3v) is 4.76. The Hall–Kier alpha value is -1.26. The van der Waals surface area contributed by atoms with Crippen LogP contribution in [0, 0.1) is 11.8 Å². The maximum absolute atomic E-state index is 11.9. The fourth-order valence-corrected chi connectivity index (χ4v) is 3.61. The highest BCUT2D eigenvalue weighted by atomic mass is 32.2. The molecule has 0 amide bonds. The number of carbonyl (C=O) groups excluding carboxylic acids is 1. The summed E-state index contributed by atoms with van der Waals surface area (Å²) in [4.78, 5) is 13.1. The van der Waals surface area contributed by atoms with E-state index >= 15 is 0 Å². The second-order valence-electron chi connectivity index (χ2n) is 5.21. The predicted octanol–water partition coefficient (Wildman–Crippen LogP) is 2.90. The summed E-state index contributed by atoms with van der Waals surface area (Å²) in [6.07, 6.45) is 4.42. The van der Waals surface area contributed by atoms with Crippen LogP contribution < -0.4 is 0 Å². The van der Waals surface area contributed by atoms with Crippen LogP contribution in [-0.4, -0.2) is 29.5 Å². The zero-order valence-electron chi connectivity index (χ0n) is 11.8. The summed E-state index contributed by atoms with van der Waals surface area (Å²) in [5, 5.41) is 10.7. The molecule has 3 nitrogen and oxygen atoms in total. The third kappa shape index (κ3) is 3.25. The van der Waals surface area contributed by atoms with Crippen molar-refractivity contribution in [1.29, 1.82) is 0 Å². The normalized spacial score (nSPS) is 29.1. The van der Waals surface area contributed by atoms with Crippen molar-refractivity contribution in [2.75, 3.05) is 12.9 Å². The lowest BCUT2D eigenvalue weighted by atomic mass is 9.76. The topological polar surface area (TPSA) is 46.5 Å². The average molecular weight is 292 g/mol. The van der Waals surface area contributed by atoms with Crippen LogP contribution in [0.25, 0.3) is 0 Å². The van der Waals surface area contributed by atoms with Gasteiger partial charge in [-0.15, -0.1) is 11.8 Å². The molecule has 20 heavy (non-hydrogen) atoms. The minimum Gasteiger partial charge on any atom is -0.467 e. The summed E-state index contributed by atoms with van der Waals surface area (Å²) >= 11 is 1.64. The summed E-state index contributed by atoms with van der Waals surface area (Å²) in [5.74, 6) is 0.0690. The first-order chi connectivity index (χ1) is 9.56. The lowest BCUT2D eigenvalue weighted by Crippen LogP contribution is -2.49. The van der Waals surface area contributed by atoms with Gasteiger partial charge in [0, 0.05) is 16.6 Å². The van der Waals surface area contributed by atoms with Gasteiger partial charge in [-0.3, -0.25) is 0 Å². The number of methoxy groups -OCH3 is 1. The number of allylic oxidation sites excluding steroid dienone is 1. The zero-order chi connectivity index (χ0) is 14.6. The maximum atomic E-state index is 11.9. The molecule has 1 aromatic carbocycles. The van der Waals surface area contributed by atoms with Gasteiger partial charge in [0.05, 0.1) is 7.11 Å². The van der Waals surface area contributed by atoms with E-state index in [1.165, 1.54) is 7.11 Å². The number of esters is 1. The highest BCUT2D eigenvalue weighted by molar-refractivity contribution is 7.99. The van der Waals surface area contributed by atoms with Gasteiger partial charge in [0.15, 0.2) is 5.60 Å². The van der Waals surface area contributed by atoms with E-state index in [4.69, 9.17) is 4.74 Å². The van der Waals surface area contributed by atoms with Gasteiger partial charge < -0.3 is 9.84 Å². The summed E-state index contributed by atoms with van der Waals surface area (Å²) < 4.78 is 4.79. The summed E-state index contributed by atoms with van der Waals surface area (Å²) in [7, 11) is 1.32. The number of hydrogen-bond acceptors (Lipinski definition) is 4. The third-order valence-electron chi connectivity index (χ3n) is 3.63. The first-order valence-corrected chi connectivity index (χ1v) is 7.72. The van der Waals surface area contributed by atoms with Crippen LogP contribution >= 0.6 is 11.8 Å². The van der Waals surface area contributed by atoms with Crippen LogP contribution in [0.2, 0.25) is 0 Å². The number of benzene rings is 1. The van der Waals surface area contributed by atoms with Gasteiger partial charge in [-0.25, -0.2) is 4.79 Å². The Balaban J connectivity index is 2.11. The lowest BCUT2D eigenvalue weighted by molar-refractivity contribution is -0.168. The Morgan fingerprint density at radius 2 is 2.10 bits per heavy atom. The van der Waals surface area contributed by atoms with Gasteiger partial charge in [0.25, 0.3) is 0 Å². The minimum atomic E-state index is -1.41. The van der Waals surface area contributed by atoms with E-state index in [1.807, 2.05) is 43.3 Å². The number of hydrogen-bond donors (Lipinski definition) is 1. The van der Waals surface area contributed by atoms with Crippen LogP contribution in [0.3, 0.4) is 0 Å². The largest absolute Gasteiger partial charge is 0.467 e. The first-order valence-electron chi connectivity index (χ1n) is 6.73. The molecule has 0 heterocycles. The van der Waals surface area contributed by atoms with Gasteiger partial charge >= 0.3 is 5.97 Å². The molecule has 2 rings (SSSR count). The summed E-state index contributed by atoms with van der Waals surface area (Å²) in [5.41, 5.74) is -1.41. The Morgan fingerprint density at radius 1 is 1.40 bits per heavy atom. The number of ether oxygens (including phenoxy) is 1. The molecule has 1 aliphatic rings. The molecule has 3 atom stereocenters. The van der Waals surface area contributed by atoms with E-state index in [1.54, 1.807) is 11.8 Å². The van der Waals surface area contributed by atoms with Crippen molar-refractivity contribution in [3.8, 4) is 0 Å². The molecule has 4 heteroatoms. The molecule has 0 bridgehead atoms. The summed E-state index contributed by atoms with van der Waals surface area (Å²) in [6.45, 7) is 1.99. The number of rotatable bonds is 4. The predicted molar refractivity (Wildman–Crippen MR) is 80.5 cm³/mol. The molecule has 0 unspecified atom stereocenters. The molecule has 0 radical (unpaired) electrons. The van der Waals surface area contributed by atoms with Gasteiger partial charge in [-0.2, -0.15) is 0 Å².